The summed E-state index contributed by atoms with van der Waals surface area (Å²) in [6.45, 7) is 0.692. The highest BCUT2D eigenvalue weighted by atomic mass is 35.5. The summed E-state index contributed by atoms with van der Waals surface area (Å²) in [4.78, 5) is 12.7. The minimum atomic E-state index is -3.44. The fourth-order valence-electron chi connectivity index (χ4n) is 3.84. The Morgan fingerprint density at radius 2 is 1.70 bits per heavy atom. The molecule has 4 rings (SSSR count). The van der Waals surface area contributed by atoms with Crippen molar-refractivity contribution in [3.05, 3.63) is 77.3 Å². The molecule has 1 fully saturated rings. The van der Waals surface area contributed by atoms with Crippen molar-refractivity contribution in [2.24, 2.45) is 5.92 Å². The van der Waals surface area contributed by atoms with Gasteiger partial charge in [-0.3, -0.25) is 4.79 Å². The number of halogens is 1. The molecular weight excluding hydrogens is 420 g/mol. The molecule has 5 nitrogen and oxygen atoms in total. The predicted molar refractivity (Wildman–Crippen MR) is 121 cm³/mol. The van der Waals surface area contributed by atoms with E-state index in [9.17, 15) is 13.2 Å². The SMILES string of the molecule is O=C(Nc1ccc2ccccc2c1)C1CCN(S(=O)(=O)Cc2cccc(Cl)c2)CC1. The molecule has 0 unspecified atom stereocenters. The van der Waals surface area contributed by atoms with Crippen molar-refractivity contribution in [3.8, 4) is 0 Å². The topological polar surface area (TPSA) is 66.5 Å². The van der Waals surface area contributed by atoms with Crippen LogP contribution in [-0.4, -0.2) is 31.7 Å². The van der Waals surface area contributed by atoms with Crippen LogP contribution in [0.4, 0.5) is 5.69 Å². The summed E-state index contributed by atoms with van der Waals surface area (Å²) < 4.78 is 27.0. The van der Waals surface area contributed by atoms with Crippen LogP contribution in [0.1, 0.15) is 18.4 Å². The van der Waals surface area contributed by atoms with E-state index in [-0.39, 0.29) is 17.6 Å². The van der Waals surface area contributed by atoms with Crippen molar-refractivity contribution >= 4 is 44.0 Å². The van der Waals surface area contributed by atoms with E-state index in [1.54, 1.807) is 24.3 Å². The monoisotopic (exact) mass is 442 g/mol. The summed E-state index contributed by atoms with van der Waals surface area (Å²) in [7, 11) is -3.44. The van der Waals surface area contributed by atoms with Gasteiger partial charge in [0.25, 0.3) is 0 Å². The summed E-state index contributed by atoms with van der Waals surface area (Å²) in [5.74, 6) is -0.340. The van der Waals surface area contributed by atoms with Gasteiger partial charge in [0.15, 0.2) is 0 Å². The van der Waals surface area contributed by atoms with Gasteiger partial charge in [0, 0.05) is 29.7 Å². The molecule has 1 amide bonds. The Morgan fingerprint density at radius 1 is 0.967 bits per heavy atom. The van der Waals surface area contributed by atoms with E-state index in [0.717, 1.165) is 16.5 Å². The smallest absolute Gasteiger partial charge is 0.227 e. The van der Waals surface area contributed by atoms with Crippen molar-refractivity contribution in [1.29, 1.82) is 0 Å². The van der Waals surface area contributed by atoms with Crippen LogP contribution in [0.25, 0.3) is 10.8 Å². The number of hydrogen-bond donors (Lipinski definition) is 1. The second kappa shape index (κ2) is 8.76. The number of amides is 1. The fourth-order valence-corrected chi connectivity index (χ4v) is 5.60. The van der Waals surface area contributed by atoms with E-state index in [4.69, 9.17) is 11.6 Å². The summed E-state index contributed by atoms with van der Waals surface area (Å²) in [6, 6.07) is 20.7. The molecule has 1 aliphatic heterocycles. The largest absolute Gasteiger partial charge is 0.326 e. The number of carbonyl (C=O) groups excluding carboxylic acids is 1. The molecule has 1 aliphatic rings. The summed E-state index contributed by atoms with van der Waals surface area (Å²) >= 11 is 5.96. The van der Waals surface area contributed by atoms with E-state index in [1.165, 1.54) is 4.31 Å². The number of piperidine rings is 1. The van der Waals surface area contributed by atoms with E-state index < -0.39 is 10.0 Å². The van der Waals surface area contributed by atoms with Crippen LogP contribution in [0.15, 0.2) is 66.7 Å². The van der Waals surface area contributed by atoms with Crippen molar-refractivity contribution < 1.29 is 13.2 Å². The van der Waals surface area contributed by atoms with E-state index >= 15 is 0 Å². The van der Waals surface area contributed by atoms with E-state index in [2.05, 4.69) is 5.32 Å². The van der Waals surface area contributed by atoms with Crippen LogP contribution >= 0.6 is 11.6 Å². The van der Waals surface area contributed by atoms with E-state index in [1.807, 2.05) is 42.5 Å². The van der Waals surface area contributed by atoms with Crippen LogP contribution in [0, 0.1) is 5.92 Å². The third kappa shape index (κ3) is 4.83. The molecule has 3 aromatic carbocycles. The maximum absolute atomic E-state index is 12.7. The molecule has 0 aliphatic carbocycles. The second-order valence-electron chi connectivity index (χ2n) is 7.61. The summed E-state index contributed by atoms with van der Waals surface area (Å²) in [6.07, 6.45) is 1.02. The lowest BCUT2D eigenvalue weighted by Crippen LogP contribution is -2.41. The molecule has 0 spiro atoms. The van der Waals surface area contributed by atoms with Crippen molar-refractivity contribution in [2.45, 2.75) is 18.6 Å². The molecule has 0 radical (unpaired) electrons. The lowest BCUT2D eigenvalue weighted by molar-refractivity contribution is -0.120. The van der Waals surface area contributed by atoms with Gasteiger partial charge in [-0.15, -0.1) is 0 Å². The Kier molecular flexibility index (Phi) is 6.09. The standard InChI is InChI=1S/C23H23ClN2O3S/c24-21-7-3-4-17(14-21)16-30(28,29)26-12-10-19(11-13-26)23(27)25-22-9-8-18-5-1-2-6-20(18)15-22/h1-9,14-15,19H,10-13,16H2,(H,25,27). The number of sulfonamides is 1. The maximum Gasteiger partial charge on any atom is 0.227 e. The minimum Gasteiger partial charge on any atom is -0.326 e. The van der Waals surface area contributed by atoms with Gasteiger partial charge in [0.1, 0.15) is 0 Å². The molecule has 0 aromatic heterocycles. The minimum absolute atomic E-state index is 0.0582. The molecule has 0 atom stereocenters. The van der Waals surface area contributed by atoms with Crippen LogP contribution in [0.3, 0.4) is 0 Å². The number of fused-ring (bicyclic) bond motifs is 1. The van der Waals surface area contributed by atoms with Gasteiger partial charge in [-0.2, -0.15) is 0 Å². The lowest BCUT2D eigenvalue weighted by Gasteiger charge is -2.30. The van der Waals surface area contributed by atoms with Gasteiger partial charge in [-0.05, 0) is 53.4 Å². The normalized spacial score (nSPS) is 15.9. The van der Waals surface area contributed by atoms with Gasteiger partial charge in [-0.25, -0.2) is 12.7 Å². The van der Waals surface area contributed by atoms with Crippen LogP contribution in [0.2, 0.25) is 5.02 Å². The summed E-state index contributed by atoms with van der Waals surface area (Å²) in [5.41, 5.74) is 1.42. The number of benzene rings is 3. The first kappa shape index (κ1) is 20.8. The number of hydrogen-bond acceptors (Lipinski definition) is 3. The highest BCUT2D eigenvalue weighted by Gasteiger charge is 2.31. The van der Waals surface area contributed by atoms with Crippen LogP contribution in [-0.2, 0) is 20.6 Å². The van der Waals surface area contributed by atoms with Gasteiger partial charge >= 0.3 is 0 Å². The van der Waals surface area contributed by atoms with Crippen molar-refractivity contribution in [3.63, 3.8) is 0 Å². The Labute approximate surface area is 181 Å². The predicted octanol–water partition coefficient (Wildman–Crippen LogP) is 4.67. The fraction of sp³-hybridized carbons (Fsp3) is 0.261. The van der Waals surface area contributed by atoms with Crippen molar-refractivity contribution in [2.75, 3.05) is 18.4 Å². The van der Waals surface area contributed by atoms with Gasteiger partial charge in [-0.1, -0.05) is 54.1 Å². The first-order chi connectivity index (χ1) is 14.4. The molecule has 3 aromatic rings. The molecule has 7 heteroatoms. The Balaban J connectivity index is 1.35. The molecule has 1 N–H and O–H groups in total. The van der Waals surface area contributed by atoms with Gasteiger partial charge in [0.05, 0.1) is 5.75 Å². The van der Waals surface area contributed by atoms with Crippen molar-refractivity contribution in [1.82, 2.24) is 4.31 Å². The zero-order valence-corrected chi connectivity index (χ0v) is 18.0. The van der Waals surface area contributed by atoms with Gasteiger partial charge < -0.3 is 5.32 Å². The molecular formula is C23H23ClN2O3S. The average molecular weight is 443 g/mol. The molecule has 156 valence electrons. The highest BCUT2D eigenvalue weighted by molar-refractivity contribution is 7.88. The zero-order valence-electron chi connectivity index (χ0n) is 16.4. The molecule has 1 saturated heterocycles. The van der Waals surface area contributed by atoms with Gasteiger partial charge in [0.2, 0.25) is 15.9 Å². The van der Waals surface area contributed by atoms with Crippen LogP contribution in [0.5, 0.6) is 0 Å². The lowest BCUT2D eigenvalue weighted by atomic mass is 9.97. The van der Waals surface area contributed by atoms with E-state index in [0.29, 0.717) is 36.5 Å². The first-order valence-corrected chi connectivity index (χ1v) is 11.9. The van der Waals surface area contributed by atoms with Crippen LogP contribution < -0.4 is 5.32 Å². The quantitative estimate of drug-likeness (QED) is 0.624. The molecule has 1 heterocycles. The Bertz CT molecular complexity index is 1170. The summed E-state index contributed by atoms with van der Waals surface area (Å²) in [5, 5.41) is 5.69. The zero-order chi connectivity index (χ0) is 21.1. The highest BCUT2D eigenvalue weighted by Crippen LogP contribution is 2.25. The molecule has 30 heavy (non-hydrogen) atoms. The number of nitrogens with one attached hydrogen (secondary N) is 1. The number of nitrogens with zero attached hydrogens (tertiary/aromatic N) is 1. The average Bonchev–Trinajstić information content (AvgIpc) is 2.73. The third-order valence-corrected chi connectivity index (χ3v) is 7.56. The molecule has 0 bridgehead atoms. The number of rotatable bonds is 5. The Morgan fingerprint density at radius 3 is 2.43 bits per heavy atom. The Hall–Kier alpha value is -2.41. The molecule has 0 saturated carbocycles. The maximum atomic E-state index is 12.7. The number of anilines is 1. The number of carbonyl (C=O) groups is 1. The first-order valence-electron chi connectivity index (χ1n) is 9.93. The third-order valence-electron chi connectivity index (χ3n) is 5.47. The second-order valence-corrected chi connectivity index (χ2v) is 10.0.